The normalized spacial score (nSPS) is 11.0. The molecule has 0 aliphatic heterocycles. The lowest BCUT2D eigenvalue weighted by atomic mass is 10.1. The molecule has 0 atom stereocenters. The van der Waals surface area contributed by atoms with E-state index < -0.39 is 0 Å². The maximum atomic E-state index is 12.2. The van der Waals surface area contributed by atoms with E-state index in [-0.39, 0.29) is 5.78 Å². The minimum atomic E-state index is 0.184. The van der Waals surface area contributed by atoms with Gasteiger partial charge in [-0.1, -0.05) is 48.5 Å². The quantitative estimate of drug-likeness (QED) is 0.613. The van der Waals surface area contributed by atoms with Gasteiger partial charge in [0.15, 0.2) is 5.78 Å². The van der Waals surface area contributed by atoms with E-state index in [4.69, 9.17) is 0 Å². The molecule has 0 bridgehead atoms. The lowest BCUT2D eigenvalue weighted by molar-refractivity contribution is 0.0977. The zero-order valence-electron chi connectivity index (χ0n) is 11.8. The SMILES string of the molecule is Cc1c(Br)c2ccccc2n1CCC(=O)c1ccccc1. The fraction of sp³-hybridized carbons (Fsp3) is 0.167. The van der Waals surface area contributed by atoms with Crippen molar-refractivity contribution in [2.75, 3.05) is 0 Å². The van der Waals surface area contributed by atoms with E-state index in [2.05, 4.69) is 39.6 Å². The van der Waals surface area contributed by atoms with Crippen molar-refractivity contribution < 1.29 is 4.79 Å². The molecular formula is C18H16BrNO. The molecule has 0 aliphatic rings. The molecule has 3 aromatic rings. The summed E-state index contributed by atoms with van der Waals surface area (Å²) >= 11 is 3.65. The number of aromatic nitrogens is 1. The van der Waals surface area contributed by atoms with E-state index in [9.17, 15) is 4.79 Å². The first kappa shape index (κ1) is 14.1. The number of carbonyl (C=O) groups excluding carboxylic acids is 1. The van der Waals surface area contributed by atoms with Gasteiger partial charge in [0, 0.05) is 39.6 Å². The highest BCUT2D eigenvalue weighted by Gasteiger charge is 2.13. The first-order valence-corrected chi connectivity index (χ1v) is 7.79. The third-order valence-corrected chi connectivity index (χ3v) is 4.81. The van der Waals surface area contributed by atoms with Crippen molar-refractivity contribution in [3.63, 3.8) is 0 Å². The third kappa shape index (κ3) is 2.66. The number of rotatable bonds is 4. The van der Waals surface area contributed by atoms with Gasteiger partial charge in [0.2, 0.25) is 0 Å². The number of Topliss-reactive ketones (excluding diaryl/α,β-unsaturated/α-hetero) is 1. The Morgan fingerprint density at radius 3 is 2.48 bits per heavy atom. The van der Waals surface area contributed by atoms with Gasteiger partial charge >= 0.3 is 0 Å². The second kappa shape index (κ2) is 5.86. The number of nitrogens with zero attached hydrogens (tertiary/aromatic N) is 1. The van der Waals surface area contributed by atoms with Crippen LogP contribution >= 0.6 is 15.9 Å². The highest BCUT2D eigenvalue weighted by molar-refractivity contribution is 9.10. The first-order chi connectivity index (χ1) is 10.2. The summed E-state index contributed by atoms with van der Waals surface area (Å²) in [6.45, 7) is 2.78. The van der Waals surface area contributed by atoms with Crippen LogP contribution in [0.2, 0.25) is 0 Å². The van der Waals surface area contributed by atoms with E-state index in [1.54, 1.807) is 0 Å². The van der Waals surface area contributed by atoms with Crippen LogP contribution < -0.4 is 0 Å². The monoisotopic (exact) mass is 341 g/mol. The molecule has 0 N–H and O–H groups in total. The van der Waals surface area contributed by atoms with Crippen molar-refractivity contribution in [2.45, 2.75) is 19.9 Å². The minimum absolute atomic E-state index is 0.184. The predicted molar refractivity (Wildman–Crippen MR) is 89.8 cm³/mol. The van der Waals surface area contributed by atoms with Crippen LogP contribution in [0, 0.1) is 6.92 Å². The topological polar surface area (TPSA) is 22.0 Å². The van der Waals surface area contributed by atoms with E-state index in [0.717, 1.165) is 15.7 Å². The van der Waals surface area contributed by atoms with E-state index >= 15 is 0 Å². The van der Waals surface area contributed by atoms with Gasteiger partial charge in [-0.25, -0.2) is 0 Å². The molecule has 0 radical (unpaired) electrons. The Balaban J connectivity index is 1.86. The fourth-order valence-electron chi connectivity index (χ4n) is 2.66. The average Bonchev–Trinajstić information content (AvgIpc) is 2.78. The molecule has 0 saturated carbocycles. The molecular weight excluding hydrogens is 326 g/mol. The summed E-state index contributed by atoms with van der Waals surface area (Å²) in [7, 11) is 0. The molecule has 0 unspecified atom stereocenters. The van der Waals surface area contributed by atoms with E-state index in [1.165, 1.54) is 10.9 Å². The number of hydrogen-bond donors (Lipinski definition) is 0. The summed E-state index contributed by atoms with van der Waals surface area (Å²) < 4.78 is 3.32. The largest absolute Gasteiger partial charge is 0.343 e. The number of hydrogen-bond acceptors (Lipinski definition) is 1. The van der Waals surface area contributed by atoms with Crippen LogP contribution in [0.5, 0.6) is 0 Å². The van der Waals surface area contributed by atoms with Crippen LogP contribution in [0.25, 0.3) is 10.9 Å². The van der Waals surface area contributed by atoms with Gasteiger partial charge in [0.25, 0.3) is 0 Å². The maximum Gasteiger partial charge on any atom is 0.164 e. The van der Waals surface area contributed by atoms with E-state index in [1.807, 2.05) is 42.5 Å². The Bertz CT molecular complexity index is 790. The predicted octanol–water partition coefficient (Wildman–Crippen LogP) is 4.99. The number of carbonyl (C=O) groups is 1. The molecule has 21 heavy (non-hydrogen) atoms. The molecule has 0 fully saturated rings. The minimum Gasteiger partial charge on any atom is -0.343 e. The summed E-state index contributed by atoms with van der Waals surface area (Å²) in [5.41, 5.74) is 3.12. The number of ketones is 1. The highest BCUT2D eigenvalue weighted by Crippen LogP contribution is 2.30. The molecule has 0 spiro atoms. The molecule has 3 rings (SSSR count). The zero-order chi connectivity index (χ0) is 14.8. The number of fused-ring (bicyclic) bond motifs is 1. The van der Waals surface area contributed by atoms with Crippen LogP contribution in [-0.4, -0.2) is 10.4 Å². The van der Waals surface area contributed by atoms with Gasteiger partial charge in [0.05, 0.1) is 0 Å². The van der Waals surface area contributed by atoms with Crippen molar-refractivity contribution in [1.82, 2.24) is 4.57 Å². The van der Waals surface area contributed by atoms with Crippen molar-refractivity contribution in [3.8, 4) is 0 Å². The number of para-hydroxylation sites is 1. The Kier molecular flexibility index (Phi) is 3.93. The molecule has 106 valence electrons. The summed E-state index contributed by atoms with van der Waals surface area (Å²) in [5.74, 6) is 0.184. The molecule has 2 aromatic carbocycles. The summed E-state index contributed by atoms with van der Waals surface area (Å²) in [6.07, 6.45) is 0.510. The lowest BCUT2D eigenvalue weighted by Gasteiger charge is -2.08. The van der Waals surface area contributed by atoms with Gasteiger partial charge in [0.1, 0.15) is 0 Å². The molecule has 0 saturated heterocycles. The number of halogens is 1. The van der Waals surface area contributed by atoms with Gasteiger partial charge in [-0.05, 0) is 28.9 Å². The smallest absolute Gasteiger partial charge is 0.164 e. The summed E-state index contributed by atoms with van der Waals surface area (Å²) in [4.78, 5) is 12.2. The van der Waals surface area contributed by atoms with Gasteiger partial charge in [-0.2, -0.15) is 0 Å². The van der Waals surface area contributed by atoms with Crippen LogP contribution in [0.15, 0.2) is 59.1 Å². The Morgan fingerprint density at radius 1 is 1.05 bits per heavy atom. The van der Waals surface area contributed by atoms with Crippen LogP contribution in [0.4, 0.5) is 0 Å². The van der Waals surface area contributed by atoms with Crippen molar-refractivity contribution in [2.24, 2.45) is 0 Å². The van der Waals surface area contributed by atoms with Gasteiger partial charge in [-0.15, -0.1) is 0 Å². The van der Waals surface area contributed by atoms with Crippen molar-refractivity contribution in [1.29, 1.82) is 0 Å². The standard InChI is InChI=1S/C18H16BrNO/c1-13-18(19)15-9-5-6-10-16(15)20(13)12-11-17(21)14-7-3-2-4-8-14/h2-10H,11-12H2,1H3. The molecule has 0 amide bonds. The van der Waals surface area contributed by atoms with Gasteiger partial charge in [-0.3, -0.25) is 4.79 Å². The molecule has 3 heteroatoms. The average molecular weight is 342 g/mol. The van der Waals surface area contributed by atoms with Crippen LogP contribution in [0.1, 0.15) is 22.5 Å². The highest BCUT2D eigenvalue weighted by atomic mass is 79.9. The molecule has 0 aliphatic carbocycles. The number of benzene rings is 2. The Hall–Kier alpha value is -1.87. The van der Waals surface area contributed by atoms with Crippen LogP contribution in [0.3, 0.4) is 0 Å². The van der Waals surface area contributed by atoms with Crippen molar-refractivity contribution >= 4 is 32.6 Å². The molecule has 2 nitrogen and oxygen atoms in total. The lowest BCUT2D eigenvalue weighted by Crippen LogP contribution is -2.07. The van der Waals surface area contributed by atoms with Crippen LogP contribution in [-0.2, 0) is 6.54 Å². The first-order valence-electron chi connectivity index (χ1n) is 7.00. The summed E-state index contributed by atoms with van der Waals surface area (Å²) in [6, 6.07) is 17.7. The Labute approximate surface area is 132 Å². The second-order valence-electron chi connectivity index (χ2n) is 5.11. The fourth-order valence-corrected chi connectivity index (χ4v) is 3.21. The second-order valence-corrected chi connectivity index (χ2v) is 5.90. The summed E-state index contributed by atoms with van der Waals surface area (Å²) in [5, 5.41) is 1.20. The van der Waals surface area contributed by atoms with Crippen molar-refractivity contribution in [3.05, 3.63) is 70.3 Å². The third-order valence-electron chi connectivity index (χ3n) is 3.81. The zero-order valence-corrected chi connectivity index (χ0v) is 13.4. The van der Waals surface area contributed by atoms with E-state index in [0.29, 0.717) is 13.0 Å². The number of aryl methyl sites for hydroxylation is 1. The molecule has 1 heterocycles. The molecule has 1 aromatic heterocycles. The maximum absolute atomic E-state index is 12.2. The van der Waals surface area contributed by atoms with Gasteiger partial charge < -0.3 is 4.57 Å². The Morgan fingerprint density at radius 2 is 1.71 bits per heavy atom.